The van der Waals surface area contributed by atoms with Crippen LogP contribution in [0.2, 0.25) is 0 Å². The van der Waals surface area contributed by atoms with Crippen molar-refractivity contribution in [2.75, 3.05) is 13.1 Å². The second-order valence-electron chi connectivity index (χ2n) is 9.12. The van der Waals surface area contributed by atoms with Crippen molar-refractivity contribution in [1.82, 2.24) is 15.2 Å². The quantitative estimate of drug-likeness (QED) is 0.794. The van der Waals surface area contributed by atoms with Gasteiger partial charge in [0, 0.05) is 43.0 Å². The zero-order chi connectivity index (χ0) is 21.1. The molecule has 1 aromatic heterocycles. The molecular weight excluding hydrogens is 374 g/mol. The fourth-order valence-corrected chi connectivity index (χ4v) is 4.58. The number of hydrogen-bond acceptors (Lipinski definition) is 3. The summed E-state index contributed by atoms with van der Waals surface area (Å²) in [6, 6.07) is 12.3. The van der Waals surface area contributed by atoms with Crippen LogP contribution in [0.3, 0.4) is 0 Å². The Morgan fingerprint density at radius 2 is 2.00 bits per heavy atom. The van der Waals surface area contributed by atoms with E-state index in [2.05, 4.69) is 28.5 Å². The molecule has 2 heterocycles. The second-order valence-corrected chi connectivity index (χ2v) is 9.12. The van der Waals surface area contributed by atoms with E-state index in [1.807, 2.05) is 43.1 Å². The highest BCUT2D eigenvalue weighted by molar-refractivity contribution is 5.86. The highest BCUT2D eigenvalue weighted by atomic mass is 16.2. The lowest BCUT2D eigenvalue weighted by molar-refractivity contribution is -0.142. The van der Waals surface area contributed by atoms with Gasteiger partial charge in [-0.15, -0.1) is 0 Å². The molecular formula is C25H31N3O2. The summed E-state index contributed by atoms with van der Waals surface area (Å²) >= 11 is 0. The van der Waals surface area contributed by atoms with E-state index < -0.39 is 5.41 Å². The smallest absolute Gasteiger partial charge is 0.228 e. The summed E-state index contributed by atoms with van der Waals surface area (Å²) in [5.74, 6) is 0.473. The normalized spacial score (nSPS) is 21.5. The number of amides is 2. The molecule has 1 saturated heterocycles. The van der Waals surface area contributed by atoms with Gasteiger partial charge in [-0.1, -0.05) is 30.3 Å². The van der Waals surface area contributed by atoms with Gasteiger partial charge in [-0.05, 0) is 63.1 Å². The first kappa shape index (κ1) is 20.6. The van der Waals surface area contributed by atoms with Crippen molar-refractivity contribution in [3.63, 3.8) is 0 Å². The van der Waals surface area contributed by atoms with Crippen LogP contribution in [-0.4, -0.2) is 40.8 Å². The van der Waals surface area contributed by atoms with Crippen LogP contribution in [0.5, 0.6) is 0 Å². The van der Waals surface area contributed by atoms with Gasteiger partial charge in [0.1, 0.15) is 0 Å². The summed E-state index contributed by atoms with van der Waals surface area (Å²) < 4.78 is 0. The minimum absolute atomic E-state index is 0.0618. The number of hydrogen-bond donors (Lipinski definition) is 1. The first-order chi connectivity index (χ1) is 14.5. The van der Waals surface area contributed by atoms with E-state index >= 15 is 0 Å². The molecule has 1 atom stereocenters. The van der Waals surface area contributed by atoms with Crippen LogP contribution in [0.15, 0.2) is 48.8 Å². The lowest BCUT2D eigenvalue weighted by Gasteiger charge is -2.42. The average molecular weight is 406 g/mol. The third-order valence-corrected chi connectivity index (χ3v) is 6.24. The Morgan fingerprint density at radius 1 is 1.20 bits per heavy atom. The van der Waals surface area contributed by atoms with E-state index in [1.165, 1.54) is 0 Å². The van der Waals surface area contributed by atoms with Gasteiger partial charge in [-0.25, -0.2) is 0 Å². The summed E-state index contributed by atoms with van der Waals surface area (Å²) in [5, 5.41) is 3.15. The molecule has 0 unspecified atom stereocenters. The number of rotatable bonds is 6. The largest absolute Gasteiger partial charge is 0.353 e. The van der Waals surface area contributed by atoms with Crippen molar-refractivity contribution in [3.05, 3.63) is 54.4 Å². The Morgan fingerprint density at radius 3 is 2.70 bits per heavy atom. The molecule has 2 amide bonds. The maximum absolute atomic E-state index is 13.5. The van der Waals surface area contributed by atoms with Crippen molar-refractivity contribution in [2.24, 2.45) is 11.3 Å². The highest BCUT2D eigenvalue weighted by Gasteiger charge is 2.46. The van der Waals surface area contributed by atoms with Gasteiger partial charge in [0.15, 0.2) is 0 Å². The number of carbonyl (C=O) groups excluding carboxylic acids is 2. The molecule has 2 fully saturated rings. The molecule has 0 bridgehead atoms. The first-order valence-electron chi connectivity index (χ1n) is 11.1. The van der Waals surface area contributed by atoms with E-state index in [1.54, 1.807) is 6.20 Å². The summed E-state index contributed by atoms with van der Waals surface area (Å²) in [4.78, 5) is 32.5. The van der Waals surface area contributed by atoms with Crippen LogP contribution in [0.25, 0.3) is 11.1 Å². The van der Waals surface area contributed by atoms with Gasteiger partial charge in [0.25, 0.3) is 0 Å². The Balaban J connectivity index is 1.67. The van der Waals surface area contributed by atoms with E-state index in [-0.39, 0.29) is 23.8 Å². The average Bonchev–Trinajstić information content (AvgIpc) is 3.59. The molecule has 30 heavy (non-hydrogen) atoms. The molecule has 1 aliphatic carbocycles. The Bertz CT molecular complexity index is 908. The molecule has 0 spiro atoms. The maximum atomic E-state index is 13.5. The van der Waals surface area contributed by atoms with Crippen LogP contribution < -0.4 is 5.32 Å². The van der Waals surface area contributed by atoms with Crippen molar-refractivity contribution in [2.45, 2.75) is 52.0 Å². The van der Waals surface area contributed by atoms with Gasteiger partial charge < -0.3 is 10.2 Å². The first-order valence-corrected chi connectivity index (χ1v) is 11.1. The minimum Gasteiger partial charge on any atom is -0.353 e. The molecule has 4 rings (SSSR count). The topological polar surface area (TPSA) is 62.3 Å². The third-order valence-electron chi connectivity index (χ3n) is 6.24. The highest BCUT2D eigenvalue weighted by Crippen LogP contribution is 2.39. The minimum atomic E-state index is -0.606. The number of pyridine rings is 1. The van der Waals surface area contributed by atoms with Crippen LogP contribution in [0.1, 0.15) is 45.1 Å². The van der Waals surface area contributed by atoms with Gasteiger partial charge in [-0.3, -0.25) is 14.6 Å². The molecule has 1 N–H and O–H groups in total. The van der Waals surface area contributed by atoms with E-state index in [0.29, 0.717) is 13.0 Å². The lowest BCUT2D eigenvalue weighted by Crippen LogP contribution is -2.55. The summed E-state index contributed by atoms with van der Waals surface area (Å²) in [7, 11) is 0. The predicted octanol–water partition coefficient (Wildman–Crippen LogP) is 3.83. The molecule has 1 aromatic carbocycles. The van der Waals surface area contributed by atoms with E-state index in [0.717, 1.165) is 48.9 Å². The summed E-state index contributed by atoms with van der Waals surface area (Å²) in [5.41, 5.74) is 2.68. The van der Waals surface area contributed by atoms with Gasteiger partial charge >= 0.3 is 0 Å². The molecule has 158 valence electrons. The summed E-state index contributed by atoms with van der Waals surface area (Å²) in [6.45, 7) is 5.24. The Hall–Kier alpha value is -2.69. The Kier molecular flexibility index (Phi) is 5.89. The number of aromatic nitrogens is 1. The van der Waals surface area contributed by atoms with Crippen LogP contribution in [-0.2, 0) is 16.0 Å². The maximum Gasteiger partial charge on any atom is 0.228 e. The van der Waals surface area contributed by atoms with E-state index in [9.17, 15) is 9.59 Å². The fraction of sp³-hybridized carbons (Fsp3) is 0.480. The van der Waals surface area contributed by atoms with Crippen molar-refractivity contribution < 1.29 is 9.59 Å². The number of carbonyl (C=O) groups is 2. The Labute approximate surface area is 178 Å². The molecule has 2 aliphatic rings. The van der Waals surface area contributed by atoms with Crippen molar-refractivity contribution >= 4 is 11.8 Å². The number of benzene rings is 1. The standard InChI is InChI=1S/C25H31N3O2/c1-18(2)27-24(30)25(12-6-14-28(17-25)23(29)19-10-11-19)15-20-7-3-4-9-22(20)21-8-5-13-26-16-21/h3-5,7-9,13,16,18-19H,6,10-12,14-15,17H2,1-2H3,(H,27,30)/t25-/m0/s1. The zero-order valence-electron chi connectivity index (χ0n) is 17.9. The number of nitrogens with zero attached hydrogens (tertiary/aromatic N) is 2. The fourth-order valence-electron chi connectivity index (χ4n) is 4.58. The third kappa shape index (κ3) is 4.40. The van der Waals surface area contributed by atoms with Gasteiger partial charge in [0.2, 0.25) is 11.8 Å². The van der Waals surface area contributed by atoms with Gasteiger partial charge in [-0.2, -0.15) is 0 Å². The number of nitrogens with one attached hydrogen (secondary N) is 1. The molecule has 5 heteroatoms. The van der Waals surface area contributed by atoms with Gasteiger partial charge in [0.05, 0.1) is 5.41 Å². The van der Waals surface area contributed by atoms with E-state index in [4.69, 9.17) is 0 Å². The molecule has 0 radical (unpaired) electrons. The van der Waals surface area contributed by atoms with Crippen LogP contribution in [0, 0.1) is 11.3 Å². The van der Waals surface area contributed by atoms with Crippen LogP contribution >= 0.6 is 0 Å². The molecule has 5 nitrogen and oxygen atoms in total. The van der Waals surface area contributed by atoms with Crippen molar-refractivity contribution in [1.29, 1.82) is 0 Å². The summed E-state index contributed by atoms with van der Waals surface area (Å²) in [6.07, 6.45) is 7.88. The SMILES string of the molecule is CC(C)NC(=O)[C@]1(Cc2ccccc2-c2cccnc2)CCCN(C(=O)C2CC2)C1. The second kappa shape index (κ2) is 8.58. The number of likely N-dealkylation sites (tertiary alicyclic amines) is 1. The van der Waals surface area contributed by atoms with Crippen molar-refractivity contribution in [3.8, 4) is 11.1 Å². The zero-order valence-corrected chi connectivity index (χ0v) is 17.9. The molecule has 1 saturated carbocycles. The molecule has 1 aliphatic heterocycles. The predicted molar refractivity (Wildman–Crippen MR) is 118 cm³/mol. The number of piperidine rings is 1. The monoisotopic (exact) mass is 405 g/mol. The molecule has 2 aromatic rings. The lowest BCUT2D eigenvalue weighted by atomic mass is 9.73. The van der Waals surface area contributed by atoms with Crippen LogP contribution in [0.4, 0.5) is 0 Å².